The molecule has 29 heavy (non-hydrogen) atoms. The number of ether oxygens (including phenoxy) is 3. The fourth-order valence-corrected chi connectivity index (χ4v) is 3.28. The summed E-state index contributed by atoms with van der Waals surface area (Å²) in [5.74, 6) is -3.12. The fourth-order valence-electron chi connectivity index (χ4n) is 3.28. The first-order chi connectivity index (χ1) is 13.7. The van der Waals surface area contributed by atoms with Crippen molar-refractivity contribution in [2.24, 2.45) is 5.92 Å². The number of hydrogen-bond acceptors (Lipinski definition) is 8. The van der Waals surface area contributed by atoms with Gasteiger partial charge in [0.2, 0.25) is 0 Å². The number of aliphatic hydroxyl groups excluding tert-OH is 1. The van der Waals surface area contributed by atoms with E-state index in [1.165, 1.54) is 6.92 Å². The average molecular weight is 404 g/mol. The third kappa shape index (κ3) is 5.08. The summed E-state index contributed by atoms with van der Waals surface area (Å²) in [5.41, 5.74) is 0.745. The van der Waals surface area contributed by atoms with E-state index in [0.29, 0.717) is 24.7 Å². The number of rotatable bonds is 5. The molecule has 0 saturated carbocycles. The molecule has 1 heterocycles. The molecule has 2 aliphatic rings. The summed E-state index contributed by atoms with van der Waals surface area (Å²) in [4.78, 5) is 48.0. The monoisotopic (exact) mass is 404 g/mol. The van der Waals surface area contributed by atoms with Gasteiger partial charge in [0.05, 0.1) is 12.5 Å². The zero-order valence-corrected chi connectivity index (χ0v) is 16.4. The van der Waals surface area contributed by atoms with Crippen molar-refractivity contribution in [1.29, 1.82) is 0 Å². The molecular weight excluding hydrogens is 380 g/mol. The first kappa shape index (κ1) is 22.3. The summed E-state index contributed by atoms with van der Waals surface area (Å²) >= 11 is 0. The maximum absolute atomic E-state index is 12.3. The molecule has 2 rings (SSSR count). The third-order valence-corrected chi connectivity index (χ3v) is 4.71. The van der Waals surface area contributed by atoms with E-state index >= 15 is 0 Å². The number of allylic oxidation sites excluding steroid dienone is 1. The highest BCUT2D eigenvalue weighted by molar-refractivity contribution is 5.92. The van der Waals surface area contributed by atoms with E-state index in [9.17, 15) is 24.3 Å². The second-order valence-corrected chi connectivity index (χ2v) is 6.94. The van der Waals surface area contributed by atoms with Crippen molar-refractivity contribution < 1.29 is 38.5 Å². The van der Waals surface area contributed by atoms with E-state index in [0.717, 1.165) is 6.92 Å². The van der Waals surface area contributed by atoms with Crippen molar-refractivity contribution in [3.05, 3.63) is 47.6 Å². The van der Waals surface area contributed by atoms with Crippen LogP contribution in [-0.2, 0) is 33.4 Å². The first-order valence-electron chi connectivity index (χ1n) is 9.08. The molecule has 0 spiro atoms. The summed E-state index contributed by atoms with van der Waals surface area (Å²) in [5, 5.41) is 9.61. The summed E-state index contributed by atoms with van der Waals surface area (Å²) in [6.07, 6.45) is 0.932. The largest absolute Gasteiger partial charge is 0.454 e. The molecule has 8 heteroatoms. The highest BCUT2D eigenvalue weighted by Gasteiger charge is 2.49. The van der Waals surface area contributed by atoms with Crippen molar-refractivity contribution in [3.8, 4) is 0 Å². The van der Waals surface area contributed by atoms with Crippen LogP contribution < -0.4 is 0 Å². The van der Waals surface area contributed by atoms with E-state index in [-0.39, 0.29) is 23.3 Å². The molecule has 1 aliphatic heterocycles. The van der Waals surface area contributed by atoms with Gasteiger partial charge in [-0.3, -0.25) is 9.59 Å². The molecule has 0 aromatic carbocycles. The molecule has 0 amide bonds. The Morgan fingerprint density at radius 1 is 1.34 bits per heavy atom. The second kappa shape index (κ2) is 9.47. The van der Waals surface area contributed by atoms with Crippen LogP contribution in [0.4, 0.5) is 0 Å². The van der Waals surface area contributed by atoms with Crippen LogP contribution in [-0.4, -0.2) is 54.2 Å². The molecule has 0 aromatic rings. The van der Waals surface area contributed by atoms with Crippen LogP contribution in [0, 0.1) is 5.92 Å². The van der Waals surface area contributed by atoms with Gasteiger partial charge in [0.15, 0.2) is 12.2 Å². The summed E-state index contributed by atoms with van der Waals surface area (Å²) < 4.78 is 16.2. The zero-order chi connectivity index (χ0) is 21.7. The molecule has 0 unspecified atom stereocenters. The van der Waals surface area contributed by atoms with Crippen LogP contribution in [0.2, 0.25) is 0 Å². The zero-order valence-electron chi connectivity index (χ0n) is 16.4. The van der Waals surface area contributed by atoms with Crippen LogP contribution in [0.5, 0.6) is 0 Å². The van der Waals surface area contributed by atoms with Crippen molar-refractivity contribution in [2.45, 2.75) is 45.0 Å². The SMILES string of the molecule is C=C(C)C(=O)O[C@H]1[C@H]2C(=C)C(=O)O[C@@H]2/C=C(\CO)CC/C=C(/C=O)[C@@H]1OC(C)=O. The van der Waals surface area contributed by atoms with Crippen molar-refractivity contribution in [2.75, 3.05) is 6.61 Å². The molecule has 1 fully saturated rings. The van der Waals surface area contributed by atoms with Gasteiger partial charge in [-0.1, -0.05) is 19.2 Å². The Balaban J connectivity index is 2.65. The van der Waals surface area contributed by atoms with Gasteiger partial charge in [0, 0.05) is 23.6 Å². The summed E-state index contributed by atoms with van der Waals surface area (Å²) in [6.45, 7) is 9.59. The minimum absolute atomic E-state index is 0.00558. The van der Waals surface area contributed by atoms with Gasteiger partial charge in [0.1, 0.15) is 12.4 Å². The fraction of sp³-hybridized carbons (Fsp3) is 0.429. The quantitative estimate of drug-likeness (QED) is 0.240. The number of fused-ring (bicyclic) bond motifs is 1. The smallest absolute Gasteiger partial charge is 0.334 e. The average Bonchev–Trinajstić information content (AvgIpc) is 2.93. The van der Waals surface area contributed by atoms with Gasteiger partial charge in [-0.15, -0.1) is 0 Å². The lowest BCUT2D eigenvalue weighted by molar-refractivity contribution is -0.166. The number of aliphatic hydroxyl groups is 1. The number of hydrogen-bond donors (Lipinski definition) is 1. The standard InChI is InChI=1S/C21H24O8/c1-11(2)20(25)29-19-17-12(3)21(26)28-16(17)8-14(9-22)6-5-7-15(10-23)18(19)27-13(4)24/h7-8,10,16-19,22H,1,3,5-6,9H2,2,4H3/b14-8-,15-7-/t16-,17+,18+,19+/m1/s1. The molecule has 1 aliphatic carbocycles. The predicted octanol–water partition coefficient (Wildman–Crippen LogP) is 1.34. The molecule has 0 radical (unpaired) electrons. The number of carbonyl (C=O) groups is 4. The Labute approximate surface area is 168 Å². The van der Waals surface area contributed by atoms with Crippen LogP contribution in [0.1, 0.15) is 26.7 Å². The molecule has 0 bridgehead atoms. The van der Waals surface area contributed by atoms with Crippen LogP contribution >= 0.6 is 0 Å². The lowest BCUT2D eigenvalue weighted by Crippen LogP contribution is -2.45. The predicted molar refractivity (Wildman–Crippen MR) is 101 cm³/mol. The van der Waals surface area contributed by atoms with E-state index in [4.69, 9.17) is 14.2 Å². The molecule has 8 nitrogen and oxygen atoms in total. The Bertz CT molecular complexity index is 803. The first-order valence-corrected chi connectivity index (χ1v) is 9.08. The highest BCUT2D eigenvalue weighted by Crippen LogP contribution is 2.37. The minimum atomic E-state index is -1.27. The summed E-state index contributed by atoms with van der Waals surface area (Å²) in [7, 11) is 0. The van der Waals surface area contributed by atoms with Gasteiger partial charge in [-0.05, 0) is 31.4 Å². The van der Waals surface area contributed by atoms with E-state index in [1.54, 1.807) is 12.2 Å². The van der Waals surface area contributed by atoms with Crippen molar-refractivity contribution in [3.63, 3.8) is 0 Å². The van der Waals surface area contributed by atoms with Crippen LogP contribution in [0.25, 0.3) is 0 Å². The Morgan fingerprint density at radius 2 is 2.03 bits per heavy atom. The van der Waals surface area contributed by atoms with E-state index in [1.807, 2.05) is 0 Å². The molecule has 1 saturated heterocycles. The van der Waals surface area contributed by atoms with Crippen LogP contribution in [0.3, 0.4) is 0 Å². The van der Waals surface area contributed by atoms with Gasteiger partial charge >= 0.3 is 17.9 Å². The molecule has 1 N–H and O–H groups in total. The highest BCUT2D eigenvalue weighted by atomic mass is 16.6. The third-order valence-electron chi connectivity index (χ3n) is 4.71. The number of esters is 3. The lowest BCUT2D eigenvalue weighted by atomic mass is 9.83. The van der Waals surface area contributed by atoms with Crippen molar-refractivity contribution in [1.82, 2.24) is 0 Å². The maximum atomic E-state index is 12.3. The van der Waals surface area contributed by atoms with Gasteiger partial charge < -0.3 is 19.3 Å². The molecule has 4 atom stereocenters. The van der Waals surface area contributed by atoms with Crippen LogP contribution in [0.15, 0.2) is 47.6 Å². The van der Waals surface area contributed by atoms with E-state index < -0.39 is 42.1 Å². The molecule has 0 aromatic heterocycles. The Kier molecular flexibility index (Phi) is 7.28. The van der Waals surface area contributed by atoms with E-state index in [2.05, 4.69) is 13.2 Å². The van der Waals surface area contributed by atoms with Gasteiger partial charge in [0.25, 0.3) is 0 Å². The second-order valence-electron chi connectivity index (χ2n) is 6.94. The maximum Gasteiger partial charge on any atom is 0.334 e. The topological polar surface area (TPSA) is 116 Å². The number of carbonyl (C=O) groups excluding carboxylic acids is 4. The normalized spacial score (nSPS) is 30.6. The Hall–Kier alpha value is -3.00. The van der Waals surface area contributed by atoms with Gasteiger partial charge in [-0.25, -0.2) is 9.59 Å². The minimum Gasteiger partial charge on any atom is -0.454 e. The number of aldehydes is 1. The van der Waals surface area contributed by atoms with Crippen molar-refractivity contribution >= 4 is 24.2 Å². The molecular formula is C21H24O8. The van der Waals surface area contributed by atoms with Gasteiger partial charge in [-0.2, -0.15) is 0 Å². The Morgan fingerprint density at radius 3 is 2.59 bits per heavy atom. The summed E-state index contributed by atoms with van der Waals surface area (Å²) in [6, 6.07) is 0. The lowest BCUT2D eigenvalue weighted by Gasteiger charge is -2.33. The molecule has 156 valence electrons.